The minimum atomic E-state index is -4.56. The Bertz CT molecular complexity index is 1430. The van der Waals surface area contributed by atoms with Gasteiger partial charge in [0.25, 0.3) is 11.7 Å². The van der Waals surface area contributed by atoms with Crippen LogP contribution < -0.4 is 14.4 Å². The maximum absolute atomic E-state index is 13.3. The summed E-state index contributed by atoms with van der Waals surface area (Å²) in [5, 5.41) is 11.3. The van der Waals surface area contributed by atoms with Gasteiger partial charge in [0.05, 0.1) is 24.3 Å². The molecule has 3 aromatic rings. The summed E-state index contributed by atoms with van der Waals surface area (Å²) in [5.74, 6) is -1.18. The van der Waals surface area contributed by atoms with Gasteiger partial charge in [-0.05, 0) is 72.6 Å². The topological polar surface area (TPSA) is 76.1 Å². The summed E-state index contributed by atoms with van der Waals surface area (Å²) in [6.07, 6.45) is -3.97. The van der Waals surface area contributed by atoms with Gasteiger partial charge in [-0.15, -0.1) is 0 Å². The van der Waals surface area contributed by atoms with Crippen LogP contribution in [0, 0.1) is 0 Å². The molecule has 0 aromatic heterocycles. The highest BCUT2D eigenvalue weighted by atomic mass is 19.4. The van der Waals surface area contributed by atoms with Crippen LogP contribution in [0.15, 0.2) is 72.3 Å². The van der Waals surface area contributed by atoms with Gasteiger partial charge < -0.3 is 14.6 Å². The van der Waals surface area contributed by atoms with Gasteiger partial charge in [0.15, 0.2) is 0 Å². The normalized spacial score (nSPS) is 20.6. The first-order chi connectivity index (χ1) is 17.6. The number of aliphatic hydroxyl groups excluding tert-OH is 1. The number of ketones is 1. The zero-order valence-corrected chi connectivity index (χ0v) is 19.9. The number of methoxy groups -OCH3 is 1. The van der Waals surface area contributed by atoms with E-state index in [-0.39, 0.29) is 23.1 Å². The molecule has 1 fully saturated rings. The number of ether oxygens (including phenoxy) is 2. The number of rotatable bonds is 4. The first-order valence-corrected chi connectivity index (χ1v) is 11.5. The van der Waals surface area contributed by atoms with Gasteiger partial charge in [-0.2, -0.15) is 13.2 Å². The molecule has 0 bridgehead atoms. The van der Waals surface area contributed by atoms with E-state index in [4.69, 9.17) is 9.47 Å². The Balaban J connectivity index is 1.67. The molecular weight excluding hydrogens is 487 g/mol. The van der Waals surface area contributed by atoms with Crippen molar-refractivity contribution in [1.82, 2.24) is 0 Å². The zero-order valence-electron chi connectivity index (χ0n) is 19.9. The predicted octanol–water partition coefficient (Wildman–Crippen LogP) is 5.66. The number of aliphatic hydroxyl groups is 1. The van der Waals surface area contributed by atoms with Gasteiger partial charge in [-0.25, -0.2) is 0 Å². The molecule has 5 rings (SSSR count). The van der Waals surface area contributed by atoms with Crippen LogP contribution in [0.5, 0.6) is 11.5 Å². The fourth-order valence-electron chi connectivity index (χ4n) is 4.76. The lowest BCUT2D eigenvalue weighted by atomic mass is 9.94. The summed E-state index contributed by atoms with van der Waals surface area (Å²) in [7, 11) is 1.46. The lowest BCUT2D eigenvalue weighted by Crippen LogP contribution is -2.29. The number of fused-ring (bicyclic) bond motifs is 1. The number of benzene rings is 3. The van der Waals surface area contributed by atoms with Gasteiger partial charge >= 0.3 is 6.18 Å². The monoisotopic (exact) mass is 509 g/mol. The van der Waals surface area contributed by atoms with Crippen LogP contribution in [0.3, 0.4) is 0 Å². The highest BCUT2D eigenvalue weighted by Crippen LogP contribution is 2.44. The molecule has 0 spiro atoms. The molecule has 1 saturated heterocycles. The molecule has 3 aromatic carbocycles. The van der Waals surface area contributed by atoms with E-state index in [2.05, 4.69) is 0 Å². The predicted molar refractivity (Wildman–Crippen MR) is 129 cm³/mol. The average Bonchev–Trinajstić information content (AvgIpc) is 3.38. The second-order valence-corrected chi connectivity index (χ2v) is 8.95. The second-order valence-electron chi connectivity index (χ2n) is 8.95. The van der Waals surface area contributed by atoms with Crippen molar-refractivity contribution in [2.24, 2.45) is 0 Å². The van der Waals surface area contributed by atoms with E-state index in [9.17, 15) is 27.9 Å². The summed E-state index contributed by atoms with van der Waals surface area (Å²) in [4.78, 5) is 27.7. The van der Waals surface area contributed by atoms with Crippen molar-refractivity contribution >= 4 is 23.1 Å². The largest absolute Gasteiger partial charge is 0.507 e. The number of carbonyl (C=O) groups excluding carboxylic acids is 2. The Labute approximate surface area is 210 Å². The Morgan fingerprint density at radius 3 is 2.46 bits per heavy atom. The smallest absolute Gasteiger partial charge is 0.416 e. The molecule has 2 aliphatic rings. The first kappa shape index (κ1) is 24.4. The Hall–Kier alpha value is -4.27. The molecule has 0 aliphatic carbocycles. The maximum Gasteiger partial charge on any atom is 0.416 e. The van der Waals surface area contributed by atoms with Crippen LogP contribution in [0.25, 0.3) is 5.76 Å². The molecule has 9 heteroatoms. The number of carbonyl (C=O) groups is 2. The molecule has 37 heavy (non-hydrogen) atoms. The average molecular weight is 509 g/mol. The highest BCUT2D eigenvalue weighted by Gasteiger charge is 2.47. The van der Waals surface area contributed by atoms with Crippen molar-refractivity contribution in [1.29, 1.82) is 0 Å². The van der Waals surface area contributed by atoms with Crippen molar-refractivity contribution in [2.75, 3.05) is 12.0 Å². The molecule has 1 amide bonds. The van der Waals surface area contributed by atoms with E-state index in [0.29, 0.717) is 29.0 Å². The number of halogens is 3. The molecule has 2 unspecified atom stereocenters. The van der Waals surface area contributed by atoms with E-state index in [0.717, 1.165) is 34.7 Å². The van der Waals surface area contributed by atoms with Crippen LogP contribution in [-0.4, -0.2) is 30.0 Å². The number of Topliss-reactive ketones (excluding diaryl/α,β-unsaturated/α-hetero) is 1. The maximum atomic E-state index is 13.3. The van der Waals surface area contributed by atoms with Crippen molar-refractivity contribution in [2.45, 2.75) is 31.7 Å². The molecule has 0 saturated carbocycles. The van der Waals surface area contributed by atoms with Crippen molar-refractivity contribution in [3.8, 4) is 11.5 Å². The Morgan fingerprint density at radius 1 is 1.05 bits per heavy atom. The molecular formula is C28H22F3NO5. The van der Waals surface area contributed by atoms with Crippen LogP contribution >= 0.6 is 0 Å². The molecule has 2 atom stereocenters. The van der Waals surface area contributed by atoms with E-state index in [1.807, 2.05) is 6.92 Å². The van der Waals surface area contributed by atoms with E-state index in [1.165, 1.54) is 7.11 Å². The van der Waals surface area contributed by atoms with E-state index < -0.39 is 29.5 Å². The first-order valence-electron chi connectivity index (χ1n) is 11.5. The Morgan fingerprint density at radius 2 is 1.78 bits per heavy atom. The van der Waals surface area contributed by atoms with E-state index >= 15 is 0 Å². The lowest BCUT2D eigenvalue weighted by molar-refractivity contribution is -0.137. The lowest BCUT2D eigenvalue weighted by Gasteiger charge is -2.26. The van der Waals surface area contributed by atoms with Crippen LogP contribution in [-0.2, 0) is 22.2 Å². The van der Waals surface area contributed by atoms with Crippen LogP contribution in [0.2, 0.25) is 0 Å². The second kappa shape index (κ2) is 8.99. The van der Waals surface area contributed by atoms with Crippen molar-refractivity contribution < 1.29 is 37.3 Å². The third-order valence-electron chi connectivity index (χ3n) is 6.50. The Kier molecular flexibility index (Phi) is 5.94. The zero-order chi connectivity index (χ0) is 26.5. The van der Waals surface area contributed by atoms with Crippen LogP contribution in [0.1, 0.15) is 35.2 Å². The van der Waals surface area contributed by atoms with Crippen LogP contribution in [0.4, 0.5) is 18.9 Å². The summed E-state index contributed by atoms with van der Waals surface area (Å²) in [5.41, 5.74) is 0.642. The summed E-state index contributed by atoms with van der Waals surface area (Å²) in [6, 6.07) is 14.5. The fraction of sp³-hybridized carbons (Fsp3) is 0.214. The molecule has 2 heterocycles. The third kappa shape index (κ3) is 4.30. The number of nitrogens with zero attached hydrogens (tertiary/aromatic N) is 1. The van der Waals surface area contributed by atoms with Gasteiger partial charge in [0.2, 0.25) is 0 Å². The number of alkyl halides is 3. The molecule has 190 valence electrons. The fourth-order valence-corrected chi connectivity index (χ4v) is 4.76. The number of amides is 1. The van der Waals surface area contributed by atoms with Gasteiger partial charge in [-0.1, -0.05) is 12.1 Å². The third-order valence-corrected chi connectivity index (χ3v) is 6.50. The SMILES string of the molecule is COc1cccc(C2/C(=C(/O)c3ccc4c(c3)CC(C)O4)C(=O)C(=O)N2c2ccc(C(F)(F)F)cc2)c1. The van der Waals surface area contributed by atoms with Crippen molar-refractivity contribution in [3.05, 3.63) is 94.6 Å². The molecule has 1 N–H and O–H groups in total. The van der Waals surface area contributed by atoms with Gasteiger partial charge in [0, 0.05) is 17.7 Å². The minimum absolute atomic E-state index is 0.0329. The van der Waals surface area contributed by atoms with Gasteiger partial charge in [-0.3, -0.25) is 14.5 Å². The molecule has 6 nitrogen and oxygen atoms in total. The standard InChI is InChI=1S/C28H22F3NO5/c1-15-12-18-13-17(6-11-22(18)37-15)25(33)23-24(16-4-3-5-21(14-16)36-2)32(27(35)26(23)34)20-9-7-19(8-10-20)28(29,30)31/h3-11,13-15,24,33H,12H2,1-2H3/b25-23-. The summed E-state index contributed by atoms with van der Waals surface area (Å²) < 4.78 is 50.4. The highest BCUT2D eigenvalue weighted by molar-refractivity contribution is 6.51. The van der Waals surface area contributed by atoms with E-state index in [1.54, 1.807) is 42.5 Å². The van der Waals surface area contributed by atoms with Gasteiger partial charge in [0.1, 0.15) is 23.4 Å². The quantitative estimate of drug-likeness (QED) is 0.279. The van der Waals surface area contributed by atoms with Crippen molar-refractivity contribution in [3.63, 3.8) is 0 Å². The summed E-state index contributed by atoms with van der Waals surface area (Å²) in [6.45, 7) is 1.91. The number of hydrogen-bond donors (Lipinski definition) is 1. The molecule has 0 radical (unpaired) electrons. The molecule has 2 aliphatic heterocycles. The summed E-state index contributed by atoms with van der Waals surface area (Å²) >= 11 is 0. The number of hydrogen-bond acceptors (Lipinski definition) is 5. The number of anilines is 1. The minimum Gasteiger partial charge on any atom is -0.507 e.